The Kier molecular flexibility index (Phi) is 14.7. The summed E-state index contributed by atoms with van der Waals surface area (Å²) in [6.45, 7) is 6.84. The lowest BCUT2D eigenvalue weighted by molar-refractivity contribution is -0.140. The molecule has 3 aromatic carbocycles. The van der Waals surface area contributed by atoms with Crippen LogP contribution in [0, 0.1) is 11.8 Å². The molecule has 3 amide bonds. The van der Waals surface area contributed by atoms with E-state index in [4.69, 9.17) is 11.5 Å². The van der Waals surface area contributed by atoms with E-state index in [0.29, 0.717) is 38.8 Å². The standard InChI is InChI=1S/C43H58N6O4/c1-30(2)22-34(25-40(50)39(24-32-16-8-4-9-17-32)47-42(52)37(45)23-31-14-6-3-7-15-31)41(51)46-38(20-12-13-21-44)43(53)49-29-35-26-36(49)28-48(35)27-33-18-10-5-11-19-33/h3-11,14-19,30,34-39H,12-13,20-29,44-45H2,1-2H3,(H,46,51)(H,47,52). The van der Waals surface area contributed by atoms with Crippen molar-refractivity contribution >= 4 is 23.5 Å². The molecule has 0 radical (unpaired) electrons. The largest absolute Gasteiger partial charge is 0.345 e. The Morgan fingerprint density at radius 1 is 0.736 bits per heavy atom. The summed E-state index contributed by atoms with van der Waals surface area (Å²) in [7, 11) is 0. The highest BCUT2D eigenvalue weighted by atomic mass is 16.2. The van der Waals surface area contributed by atoms with E-state index in [0.717, 1.165) is 37.1 Å². The first-order valence-electron chi connectivity index (χ1n) is 19.4. The van der Waals surface area contributed by atoms with Crippen molar-refractivity contribution in [3.8, 4) is 0 Å². The predicted octanol–water partition coefficient (Wildman–Crippen LogP) is 4.00. The summed E-state index contributed by atoms with van der Waals surface area (Å²) in [5.74, 6) is -1.57. The van der Waals surface area contributed by atoms with Crippen LogP contribution in [0.5, 0.6) is 0 Å². The van der Waals surface area contributed by atoms with Gasteiger partial charge in [0.1, 0.15) is 6.04 Å². The number of rotatable bonds is 20. The van der Waals surface area contributed by atoms with E-state index in [1.54, 1.807) is 0 Å². The van der Waals surface area contributed by atoms with Crippen molar-refractivity contribution in [1.29, 1.82) is 0 Å². The van der Waals surface area contributed by atoms with Gasteiger partial charge in [-0.3, -0.25) is 24.1 Å². The molecule has 10 heteroatoms. The Morgan fingerprint density at radius 3 is 1.89 bits per heavy atom. The van der Waals surface area contributed by atoms with E-state index >= 15 is 0 Å². The molecule has 284 valence electrons. The second-order valence-electron chi connectivity index (χ2n) is 15.3. The number of likely N-dealkylation sites (tertiary alicyclic amines) is 2. The van der Waals surface area contributed by atoms with Crippen molar-refractivity contribution in [2.75, 3.05) is 19.6 Å². The highest BCUT2D eigenvalue weighted by molar-refractivity contribution is 5.95. The van der Waals surface area contributed by atoms with Gasteiger partial charge in [0.05, 0.1) is 12.1 Å². The van der Waals surface area contributed by atoms with Gasteiger partial charge in [-0.1, -0.05) is 105 Å². The Hall–Kier alpha value is -4.38. The lowest BCUT2D eigenvalue weighted by Gasteiger charge is -2.36. The van der Waals surface area contributed by atoms with Gasteiger partial charge >= 0.3 is 0 Å². The molecule has 2 bridgehead atoms. The smallest absolute Gasteiger partial charge is 0.245 e. The van der Waals surface area contributed by atoms with E-state index in [-0.39, 0.29) is 48.4 Å². The number of ketones is 1. The molecular weight excluding hydrogens is 665 g/mol. The van der Waals surface area contributed by atoms with Crippen LogP contribution in [0.2, 0.25) is 0 Å². The molecule has 6 N–H and O–H groups in total. The number of benzene rings is 3. The average Bonchev–Trinajstić information content (AvgIpc) is 3.75. The number of nitrogens with one attached hydrogen (secondary N) is 2. The number of nitrogens with two attached hydrogens (primary N) is 2. The Labute approximate surface area is 315 Å². The molecule has 5 rings (SSSR count). The molecule has 2 saturated heterocycles. The van der Waals surface area contributed by atoms with E-state index in [1.807, 2.05) is 85.5 Å². The number of carbonyl (C=O) groups is 4. The van der Waals surface area contributed by atoms with Crippen molar-refractivity contribution in [1.82, 2.24) is 20.4 Å². The summed E-state index contributed by atoms with van der Waals surface area (Å²) in [5, 5.41) is 6.03. The summed E-state index contributed by atoms with van der Waals surface area (Å²) < 4.78 is 0. The number of carbonyl (C=O) groups excluding carboxylic acids is 4. The molecule has 6 unspecified atom stereocenters. The fraction of sp³-hybridized carbons (Fsp3) is 0.488. The minimum absolute atomic E-state index is 0.0570. The van der Waals surface area contributed by atoms with Crippen LogP contribution in [0.1, 0.15) is 69.1 Å². The second-order valence-corrected chi connectivity index (χ2v) is 15.3. The zero-order valence-electron chi connectivity index (χ0n) is 31.4. The zero-order chi connectivity index (χ0) is 37.7. The number of Topliss-reactive ketones (excluding diaryl/α,β-unsaturated/α-hetero) is 1. The first-order chi connectivity index (χ1) is 25.6. The monoisotopic (exact) mass is 722 g/mol. The molecule has 2 aliphatic heterocycles. The van der Waals surface area contributed by atoms with Crippen molar-refractivity contribution in [3.63, 3.8) is 0 Å². The van der Waals surface area contributed by atoms with Gasteiger partial charge in [0.15, 0.2) is 5.78 Å². The van der Waals surface area contributed by atoms with Crippen LogP contribution in [0.3, 0.4) is 0 Å². The lowest BCUT2D eigenvalue weighted by atomic mass is 9.88. The molecule has 2 aliphatic rings. The van der Waals surface area contributed by atoms with Crippen LogP contribution in [-0.4, -0.2) is 83.1 Å². The first-order valence-corrected chi connectivity index (χ1v) is 19.4. The van der Waals surface area contributed by atoms with Crippen LogP contribution in [0.4, 0.5) is 0 Å². The molecule has 2 heterocycles. The van der Waals surface area contributed by atoms with Crippen LogP contribution < -0.4 is 22.1 Å². The van der Waals surface area contributed by atoms with Gasteiger partial charge in [0.2, 0.25) is 17.7 Å². The van der Waals surface area contributed by atoms with Gasteiger partial charge in [-0.2, -0.15) is 0 Å². The maximum absolute atomic E-state index is 14.2. The van der Waals surface area contributed by atoms with Gasteiger partial charge in [-0.05, 0) is 74.1 Å². The predicted molar refractivity (Wildman–Crippen MR) is 208 cm³/mol. The van der Waals surface area contributed by atoms with E-state index in [2.05, 4.69) is 39.8 Å². The Bertz CT molecular complexity index is 1620. The van der Waals surface area contributed by atoms with Crippen LogP contribution >= 0.6 is 0 Å². The molecule has 10 nitrogen and oxygen atoms in total. The number of nitrogens with zero attached hydrogens (tertiary/aromatic N) is 2. The summed E-state index contributed by atoms with van der Waals surface area (Å²) >= 11 is 0. The molecule has 2 fully saturated rings. The van der Waals surface area contributed by atoms with Crippen molar-refractivity contribution in [2.24, 2.45) is 23.3 Å². The quantitative estimate of drug-likeness (QED) is 0.129. The number of hydrogen-bond donors (Lipinski definition) is 4. The molecule has 0 aromatic heterocycles. The summed E-state index contributed by atoms with van der Waals surface area (Å²) in [5.41, 5.74) is 15.2. The van der Waals surface area contributed by atoms with Gasteiger partial charge in [0.25, 0.3) is 0 Å². The number of amides is 3. The highest BCUT2D eigenvalue weighted by Crippen LogP contribution is 2.33. The lowest BCUT2D eigenvalue weighted by Crippen LogP contribution is -2.55. The van der Waals surface area contributed by atoms with E-state index < -0.39 is 30.0 Å². The minimum Gasteiger partial charge on any atom is -0.345 e. The fourth-order valence-electron chi connectivity index (χ4n) is 7.84. The maximum atomic E-state index is 14.2. The van der Waals surface area contributed by atoms with E-state index in [1.165, 1.54) is 5.56 Å². The normalized spacial score (nSPS) is 19.1. The topological polar surface area (TPSA) is 151 Å². The van der Waals surface area contributed by atoms with E-state index in [9.17, 15) is 19.2 Å². The number of unbranched alkanes of at least 4 members (excludes halogenated alkanes) is 1. The SMILES string of the molecule is CC(C)CC(CC(=O)C(Cc1ccccc1)NC(=O)C(N)Cc1ccccc1)C(=O)NC(CCCCN)C(=O)N1CC2CC1CN2Cc1ccccc1. The number of piperazine rings is 1. The highest BCUT2D eigenvalue weighted by Gasteiger charge is 2.46. The maximum Gasteiger partial charge on any atom is 0.245 e. The second kappa shape index (κ2) is 19.6. The molecule has 0 saturated carbocycles. The third-order valence-corrected chi connectivity index (χ3v) is 10.6. The Balaban J connectivity index is 1.26. The zero-order valence-corrected chi connectivity index (χ0v) is 31.4. The summed E-state index contributed by atoms with van der Waals surface area (Å²) in [4.78, 5) is 60.2. The first kappa shape index (κ1) is 39.8. The van der Waals surface area contributed by atoms with Crippen molar-refractivity contribution in [3.05, 3.63) is 108 Å². The Morgan fingerprint density at radius 2 is 1.32 bits per heavy atom. The van der Waals surface area contributed by atoms with Crippen LogP contribution in [-0.2, 0) is 38.6 Å². The van der Waals surface area contributed by atoms with Gasteiger partial charge < -0.3 is 27.0 Å². The molecule has 0 spiro atoms. The summed E-state index contributed by atoms with van der Waals surface area (Å²) in [6, 6.07) is 27.4. The molecule has 3 aromatic rings. The minimum atomic E-state index is -0.866. The van der Waals surface area contributed by atoms with Gasteiger partial charge in [0, 0.05) is 44.1 Å². The molecule has 53 heavy (non-hydrogen) atoms. The number of hydrogen-bond acceptors (Lipinski definition) is 7. The third-order valence-electron chi connectivity index (χ3n) is 10.6. The fourth-order valence-corrected chi connectivity index (χ4v) is 7.84. The molecule has 0 aliphatic carbocycles. The van der Waals surface area contributed by atoms with Gasteiger partial charge in [-0.15, -0.1) is 0 Å². The van der Waals surface area contributed by atoms with Gasteiger partial charge in [-0.25, -0.2) is 0 Å². The molecule has 6 atom stereocenters. The van der Waals surface area contributed by atoms with Crippen LogP contribution in [0.25, 0.3) is 0 Å². The number of fused-ring (bicyclic) bond motifs is 2. The molecular formula is C43H58N6O4. The van der Waals surface area contributed by atoms with Crippen molar-refractivity contribution in [2.45, 2.75) is 102 Å². The van der Waals surface area contributed by atoms with Crippen LogP contribution in [0.15, 0.2) is 91.0 Å². The third kappa shape index (κ3) is 11.6. The summed E-state index contributed by atoms with van der Waals surface area (Å²) in [6.07, 6.45) is 3.87. The van der Waals surface area contributed by atoms with Crippen molar-refractivity contribution < 1.29 is 19.2 Å². The average molecular weight is 723 g/mol.